The largest absolute Gasteiger partial charge is 0.255 e. The van der Waals surface area contributed by atoms with Crippen molar-refractivity contribution in [1.82, 2.24) is 4.98 Å². The molecule has 1 aromatic rings. The van der Waals surface area contributed by atoms with Crippen molar-refractivity contribution in [1.29, 1.82) is 0 Å². The molecule has 6 nitrogen and oxygen atoms in total. The SMILES string of the molecule is CS(=O)(=O)c1ccc(S(N)(=O)=O)nc1. The molecule has 0 saturated carbocycles. The summed E-state index contributed by atoms with van der Waals surface area (Å²) in [6, 6.07) is 2.19. The van der Waals surface area contributed by atoms with E-state index < -0.39 is 19.9 Å². The van der Waals surface area contributed by atoms with Gasteiger partial charge in [0.15, 0.2) is 14.9 Å². The fourth-order valence-electron chi connectivity index (χ4n) is 0.754. The van der Waals surface area contributed by atoms with Gasteiger partial charge in [0.25, 0.3) is 10.0 Å². The number of sulfone groups is 1. The maximum absolute atomic E-state index is 11.0. The third kappa shape index (κ3) is 2.50. The zero-order chi connectivity index (χ0) is 11.0. The Labute approximate surface area is 81.7 Å². The Kier molecular flexibility index (Phi) is 2.61. The summed E-state index contributed by atoms with van der Waals surface area (Å²) in [6.07, 6.45) is 1.95. The Bertz CT molecular complexity index is 479. The highest BCUT2D eigenvalue weighted by Gasteiger charge is 2.12. The zero-order valence-corrected chi connectivity index (χ0v) is 8.84. The molecule has 78 valence electrons. The molecule has 1 rings (SSSR count). The lowest BCUT2D eigenvalue weighted by Gasteiger charge is -1.99. The van der Waals surface area contributed by atoms with E-state index in [-0.39, 0.29) is 9.92 Å². The van der Waals surface area contributed by atoms with E-state index in [4.69, 9.17) is 5.14 Å². The van der Waals surface area contributed by atoms with Crippen LogP contribution >= 0.6 is 0 Å². The van der Waals surface area contributed by atoms with Crippen LogP contribution in [0.1, 0.15) is 0 Å². The Morgan fingerprint density at radius 1 is 1.21 bits per heavy atom. The molecule has 2 N–H and O–H groups in total. The zero-order valence-electron chi connectivity index (χ0n) is 7.21. The van der Waals surface area contributed by atoms with E-state index in [9.17, 15) is 16.8 Å². The summed E-state index contributed by atoms with van der Waals surface area (Å²) < 4.78 is 43.5. The van der Waals surface area contributed by atoms with Crippen molar-refractivity contribution < 1.29 is 16.8 Å². The van der Waals surface area contributed by atoms with Crippen molar-refractivity contribution in [2.75, 3.05) is 6.26 Å². The van der Waals surface area contributed by atoms with Gasteiger partial charge in [-0.15, -0.1) is 0 Å². The van der Waals surface area contributed by atoms with E-state index >= 15 is 0 Å². The molecule has 8 heteroatoms. The number of sulfonamides is 1. The molecule has 0 aliphatic heterocycles. The lowest BCUT2D eigenvalue weighted by Crippen LogP contribution is -2.14. The molecule has 0 bridgehead atoms. The summed E-state index contributed by atoms with van der Waals surface area (Å²) in [5.41, 5.74) is 0. The van der Waals surface area contributed by atoms with Crippen molar-refractivity contribution in [3.63, 3.8) is 0 Å². The number of hydrogen-bond donors (Lipinski definition) is 1. The summed E-state index contributed by atoms with van der Waals surface area (Å²) in [5.74, 6) is 0. The second kappa shape index (κ2) is 3.30. The highest BCUT2D eigenvalue weighted by atomic mass is 32.2. The van der Waals surface area contributed by atoms with Gasteiger partial charge in [-0.2, -0.15) is 0 Å². The smallest absolute Gasteiger partial charge is 0.242 e. The normalized spacial score (nSPS) is 12.7. The van der Waals surface area contributed by atoms with Gasteiger partial charge < -0.3 is 0 Å². The number of primary sulfonamides is 1. The number of rotatable bonds is 2. The molecule has 0 aromatic carbocycles. The van der Waals surface area contributed by atoms with Gasteiger partial charge in [0, 0.05) is 12.5 Å². The standard InChI is InChI=1S/C6H8N2O4S2/c1-13(9,10)5-2-3-6(8-4-5)14(7,11)12/h2-4H,1H3,(H2,7,11,12). The van der Waals surface area contributed by atoms with Crippen LogP contribution in [0.25, 0.3) is 0 Å². The van der Waals surface area contributed by atoms with Crippen molar-refractivity contribution in [3.05, 3.63) is 18.3 Å². The molecule has 0 aliphatic rings. The molecule has 0 spiro atoms. The molecular weight excluding hydrogens is 228 g/mol. The van der Waals surface area contributed by atoms with Crippen LogP contribution in [0, 0.1) is 0 Å². The van der Waals surface area contributed by atoms with Crippen LogP contribution in [0.5, 0.6) is 0 Å². The van der Waals surface area contributed by atoms with Gasteiger partial charge in [0.05, 0.1) is 4.90 Å². The molecule has 0 saturated heterocycles. The van der Waals surface area contributed by atoms with E-state index in [1.807, 2.05) is 0 Å². The van der Waals surface area contributed by atoms with Crippen molar-refractivity contribution in [3.8, 4) is 0 Å². The lowest BCUT2D eigenvalue weighted by atomic mass is 10.5. The molecule has 0 fully saturated rings. The number of aromatic nitrogens is 1. The van der Waals surface area contributed by atoms with Crippen LogP contribution in [0.15, 0.2) is 28.3 Å². The van der Waals surface area contributed by atoms with E-state index in [1.165, 1.54) is 0 Å². The van der Waals surface area contributed by atoms with Gasteiger partial charge in [-0.3, -0.25) is 0 Å². The summed E-state index contributed by atoms with van der Waals surface area (Å²) in [7, 11) is -7.23. The van der Waals surface area contributed by atoms with Crippen molar-refractivity contribution in [2.24, 2.45) is 5.14 Å². The third-order valence-corrected chi connectivity index (χ3v) is 3.35. The first-order valence-electron chi connectivity index (χ1n) is 3.40. The Morgan fingerprint density at radius 3 is 2.07 bits per heavy atom. The molecule has 0 atom stereocenters. The van der Waals surface area contributed by atoms with Gasteiger partial charge in [0.1, 0.15) is 0 Å². The maximum Gasteiger partial charge on any atom is 0.255 e. The highest BCUT2D eigenvalue weighted by Crippen LogP contribution is 2.09. The van der Waals surface area contributed by atoms with Gasteiger partial charge in [-0.1, -0.05) is 0 Å². The van der Waals surface area contributed by atoms with E-state index in [0.29, 0.717) is 0 Å². The summed E-state index contributed by atoms with van der Waals surface area (Å²) in [6.45, 7) is 0. The minimum Gasteiger partial charge on any atom is -0.242 e. The van der Waals surface area contributed by atoms with E-state index in [2.05, 4.69) is 4.98 Å². The summed E-state index contributed by atoms with van der Waals surface area (Å²) >= 11 is 0. The number of nitrogens with two attached hydrogens (primary N) is 1. The molecular formula is C6H8N2O4S2. The minimum atomic E-state index is -3.87. The number of hydrogen-bond acceptors (Lipinski definition) is 5. The maximum atomic E-state index is 11.0. The molecule has 1 heterocycles. The molecule has 0 unspecified atom stereocenters. The molecule has 0 amide bonds. The number of nitrogens with zero attached hydrogens (tertiary/aromatic N) is 1. The Balaban J connectivity index is 3.28. The second-order valence-electron chi connectivity index (χ2n) is 2.65. The van der Waals surface area contributed by atoms with Gasteiger partial charge >= 0.3 is 0 Å². The monoisotopic (exact) mass is 236 g/mol. The predicted octanol–water partition coefficient (Wildman–Crippen LogP) is -0.867. The topological polar surface area (TPSA) is 107 Å². The molecule has 0 aliphatic carbocycles. The van der Waals surface area contributed by atoms with Crippen LogP contribution in [0.4, 0.5) is 0 Å². The first-order valence-corrected chi connectivity index (χ1v) is 6.84. The number of pyridine rings is 1. The van der Waals surface area contributed by atoms with Crippen LogP contribution < -0.4 is 5.14 Å². The Hall–Kier alpha value is -0.990. The molecule has 1 aromatic heterocycles. The fourth-order valence-corrected chi connectivity index (χ4v) is 1.77. The van der Waals surface area contributed by atoms with Crippen LogP contribution in [-0.2, 0) is 19.9 Å². The molecule has 14 heavy (non-hydrogen) atoms. The average molecular weight is 236 g/mol. The average Bonchev–Trinajstić information content (AvgIpc) is 2.01. The van der Waals surface area contributed by atoms with E-state index in [0.717, 1.165) is 24.6 Å². The van der Waals surface area contributed by atoms with E-state index in [1.54, 1.807) is 0 Å². The van der Waals surface area contributed by atoms with Gasteiger partial charge in [-0.05, 0) is 12.1 Å². The van der Waals surface area contributed by atoms with Gasteiger partial charge in [0.2, 0.25) is 0 Å². The quantitative estimate of drug-likeness (QED) is 0.718. The van der Waals surface area contributed by atoms with Crippen LogP contribution in [-0.4, -0.2) is 28.1 Å². The second-order valence-corrected chi connectivity index (χ2v) is 6.17. The first-order chi connectivity index (χ1) is 6.21. The van der Waals surface area contributed by atoms with Crippen LogP contribution in [0.3, 0.4) is 0 Å². The highest BCUT2D eigenvalue weighted by molar-refractivity contribution is 7.90. The summed E-state index contributed by atoms with van der Waals surface area (Å²) in [4.78, 5) is 3.37. The lowest BCUT2D eigenvalue weighted by molar-refractivity contribution is 0.591. The van der Waals surface area contributed by atoms with Gasteiger partial charge in [-0.25, -0.2) is 27.0 Å². The first kappa shape index (κ1) is 11.1. The Morgan fingerprint density at radius 2 is 1.79 bits per heavy atom. The van der Waals surface area contributed by atoms with Crippen molar-refractivity contribution in [2.45, 2.75) is 9.92 Å². The summed E-state index contributed by atoms with van der Waals surface area (Å²) in [5, 5.41) is 4.42. The van der Waals surface area contributed by atoms with Crippen LogP contribution in [0.2, 0.25) is 0 Å². The third-order valence-electron chi connectivity index (χ3n) is 1.43. The fraction of sp³-hybridized carbons (Fsp3) is 0.167. The van der Waals surface area contributed by atoms with Crippen molar-refractivity contribution >= 4 is 19.9 Å². The predicted molar refractivity (Wildman–Crippen MR) is 48.7 cm³/mol. The minimum absolute atomic E-state index is 0.0510. The molecule has 0 radical (unpaired) electrons.